The van der Waals surface area contributed by atoms with E-state index in [0.717, 1.165) is 0 Å². The Balaban J connectivity index is 2.13. The number of nitrogens with one attached hydrogen (secondary N) is 1. The summed E-state index contributed by atoms with van der Waals surface area (Å²) >= 11 is 0. The number of carboxylic acids is 1. The average molecular weight is 260 g/mol. The summed E-state index contributed by atoms with van der Waals surface area (Å²) in [6.07, 6.45) is 1.26. The van der Waals surface area contributed by atoms with Crippen LogP contribution in [0.5, 0.6) is 0 Å². The van der Waals surface area contributed by atoms with Crippen LogP contribution in [0.25, 0.3) is 0 Å². The molecule has 0 saturated heterocycles. The van der Waals surface area contributed by atoms with Crippen molar-refractivity contribution in [2.75, 3.05) is 5.32 Å². The summed E-state index contributed by atoms with van der Waals surface area (Å²) in [5, 5.41) is 11.8. The lowest BCUT2D eigenvalue weighted by molar-refractivity contribution is 0.0696. The molecular formula is C14H13FN2O2. The Morgan fingerprint density at radius 2 is 2.05 bits per heavy atom. The van der Waals surface area contributed by atoms with Gasteiger partial charge in [0.15, 0.2) is 0 Å². The fourth-order valence-corrected chi connectivity index (χ4v) is 1.73. The van der Waals surface area contributed by atoms with Gasteiger partial charge in [0, 0.05) is 11.8 Å². The Labute approximate surface area is 109 Å². The zero-order valence-corrected chi connectivity index (χ0v) is 10.3. The lowest BCUT2D eigenvalue weighted by Crippen LogP contribution is -2.10. The number of carboxylic acid groups (broad SMARTS) is 1. The van der Waals surface area contributed by atoms with Gasteiger partial charge in [-0.15, -0.1) is 0 Å². The van der Waals surface area contributed by atoms with Crippen molar-refractivity contribution in [3.8, 4) is 0 Å². The van der Waals surface area contributed by atoms with Crippen molar-refractivity contribution in [1.29, 1.82) is 0 Å². The second-order valence-electron chi connectivity index (χ2n) is 4.12. The van der Waals surface area contributed by atoms with Crippen LogP contribution in [0.15, 0.2) is 42.6 Å². The maximum Gasteiger partial charge on any atom is 0.337 e. The minimum atomic E-state index is -1.03. The molecule has 2 aromatic rings. The van der Waals surface area contributed by atoms with E-state index in [1.54, 1.807) is 24.3 Å². The van der Waals surface area contributed by atoms with Crippen LogP contribution in [0.1, 0.15) is 28.9 Å². The van der Waals surface area contributed by atoms with E-state index < -0.39 is 5.97 Å². The summed E-state index contributed by atoms with van der Waals surface area (Å²) in [7, 11) is 0. The minimum absolute atomic E-state index is 0.115. The second kappa shape index (κ2) is 5.48. The maximum atomic E-state index is 13.6. The maximum absolute atomic E-state index is 13.6. The Kier molecular flexibility index (Phi) is 3.75. The normalized spacial score (nSPS) is 11.9. The molecule has 19 heavy (non-hydrogen) atoms. The van der Waals surface area contributed by atoms with Crippen molar-refractivity contribution in [2.45, 2.75) is 13.0 Å². The number of aromatic carboxylic acids is 1. The highest BCUT2D eigenvalue weighted by Gasteiger charge is 2.11. The van der Waals surface area contributed by atoms with Crippen LogP contribution >= 0.6 is 0 Å². The third-order valence-corrected chi connectivity index (χ3v) is 2.75. The summed E-state index contributed by atoms with van der Waals surface area (Å²) in [5.41, 5.74) is 0.649. The first kappa shape index (κ1) is 13.0. The second-order valence-corrected chi connectivity index (χ2v) is 4.12. The molecule has 0 aliphatic heterocycles. The van der Waals surface area contributed by atoms with Crippen LogP contribution in [0.4, 0.5) is 10.2 Å². The fraction of sp³-hybridized carbons (Fsp3) is 0.143. The molecule has 1 heterocycles. The highest BCUT2D eigenvalue weighted by atomic mass is 19.1. The lowest BCUT2D eigenvalue weighted by Gasteiger charge is -2.15. The first-order valence-electron chi connectivity index (χ1n) is 5.78. The number of carbonyl (C=O) groups is 1. The Morgan fingerprint density at radius 1 is 1.32 bits per heavy atom. The van der Waals surface area contributed by atoms with Crippen molar-refractivity contribution in [2.24, 2.45) is 0 Å². The molecular weight excluding hydrogens is 247 g/mol. The van der Waals surface area contributed by atoms with Crippen molar-refractivity contribution < 1.29 is 14.3 Å². The van der Waals surface area contributed by atoms with E-state index in [4.69, 9.17) is 5.11 Å². The van der Waals surface area contributed by atoms with Crippen LogP contribution < -0.4 is 5.32 Å². The monoisotopic (exact) mass is 260 g/mol. The smallest absolute Gasteiger partial charge is 0.337 e. The Hall–Kier alpha value is -2.43. The van der Waals surface area contributed by atoms with Gasteiger partial charge in [-0.3, -0.25) is 0 Å². The SMILES string of the molecule is CC(Nc1ccc(C(=O)O)cn1)c1ccccc1F. The molecule has 1 atom stereocenters. The van der Waals surface area contributed by atoms with Crippen LogP contribution in [0.2, 0.25) is 0 Å². The predicted octanol–water partition coefficient (Wildman–Crippen LogP) is 3.09. The van der Waals surface area contributed by atoms with Gasteiger partial charge >= 0.3 is 5.97 Å². The molecule has 2 rings (SSSR count). The molecule has 5 heteroatoms. The van der Waals surface area contributed by atoms with Gasteiger partial charge in [-0.2, -0.15) is 0 Å². The summed E-state index contributed by atoms with van der Waals surface area (Å²) in [6.45, 7) is 1.81. The van der Waals surface area contributed by atoms with Crippen molar-refractivity contribution >= 4 is 11.8 Å². The number of benzene rings is 1. The van der Waals surface area contributed by atoms with Crippen LogP contribution in [-0.2, 0) is 0 Å². The molecule has 1 aromatic heterocycles. The van der Waals surface area contributed by atoms with Gasteiger partial charge in [0.25, 0.3) is 0 Å². The molecule has 0 aliphatic rings. The van der Waals surface area contributed by atoms with Crippen molar-refractivity contribution in [3.63, 3.8) is 0 Å². The summed E-state index contributed by atoms with van der Waals surface area (Å²) in [6, 6.07) is 9.23. The van der Waals surface area contributed by atoms with Crippen LogP contribution in [0, 0.1) is 5.82 Å². The van der Waals surface area contributed by atoms with Crippen molar-refractivity contribution in [3.05, 3.63) is 59.5 Å². The van der Waals surface area contributed by atoms with E-state index in [-0.39, 0.29) is 17.4 Å². The Morgan fingerprint density at radius 3 is 2.63 bits per heavy atom. The summed E-state index contributed by atoms with van der Waals surface area (Å²) in [4.78, 5) is 14.7. The average Bonchev–Trinajstić information content (AvgIpc) is 2.39. The van der Waals surface area contributed by atoms with Crippen molar-refractivity contribution in [1.82, 2.24) is 4.98 Å². The highest BCUT2D eigenvalue weighted by Crippen LogP contribution is 2.20. The van der Waals surface area contributed by atoms with E-state index >= 15 is 0 Å². The molecule has 2 N–H and O–H groups in total. The quantitative estimate of drug-likeness (QED) is 0.886. The molecule has 0 fully saturated rings. The highest BCUT2D eigenvalue weighted by molar-refractivity contribution is 5.87. The van der Waals surface area contributed by atoms with Crippen LogP contribution in [-0.4, -0.2) is 16.1 Å². The van der Waals surface area contributed by atoms with E-state index in [0.29, 0.717) is 11.4 Å². The van der Waals surface area contributed by atoms with Gasteiger partial charge in [0.2, 0.25) is 0 Å². The molecule has 0 radical (unpaired) electrons. The third-order valence-electron chi connectivity index (χ3n) is 2.75. The van der Waals surface area contributed by atoms with Gasteiger partial charge in [-0.05, 0) is 25.1 Å². The molecule has 0 bridgehead atoms. The first-order chi connectivity index (χ1) is 9.08. The number of halogens is 1. The summed E-state index contributed by atoms with van der Waals surface area (Å²) in [5.74, 6) is -0.813. The fourth-order valence-electron chi connectivity index (χ4n) is 1.73. The minimum Gasteiger partial charge on any atom is -0.478 e. The molecule has 0 amide bonds. The molecule has 0 spiro atoms. The van der Waals surface area contributed by atoms with E-state index in [1.807, 2.05) is 6.92 Å². The van der Waals surface area contributed by atoms with E-state index in [2.05, 4.69) is 10.3 Å². The molecule has 0 saturated carbocycles. The topological polar surface area (TPSA) is 62.2 Å². The third kappa shape index (κ3) is 3.07. The van der Waals surface area contributed by atoms with Gasteiger partial charge in [0.05, 0.1) is 11.6 Å². The number of pyridine rings is 1. The van der Waals surface area contributed by atoms with Gasteiger partial charge in [-0.25, -0.2) is 14.2 Å². The van der Waals surface area contributed by atoms with E-state index in [1.165, 1.54) is 18.3 Å². The number of hydrogen-bond acceptors (Lipinski definition) is 3. The zero-order valence-electron chi connectivity index (χ0n) is 10.3. The van der Waals surface area contributed by atoms with Gasteiger partial charge in [0.1, 0.15) is 11.6 Å². The van der Waals surface area contributed by atoms with Crippen LogP contribution in [0.3, 0.4) is 0 Å². The number of hydrogen-bond donors (Lipinski definition) is 2. The van der Waals surface area contributed by atoms with Gasteiger partial charge in [-0.1, -0.05) is 18.2 Å². The molecule has 98 valence electrons. The standard InChI is InChI=1S/C14H13FN2O2/c1-9(11-4-2-3-5-12(11)15)17-13-7-6-10(8-16-13)14(18)19/h2-9H,1H3,(H,16,17)(H,18,19). The zero-order chi connectivity index (χ0) is 13.8. The Bertz CT molecular complexity index is 584. The molecule has 0 aliphatic carbocycles. The predicted molar refractivity (Wildman–Crippen MR) is 69.6 cm³/mol. The van der Waals surface area contributed by atoms with Gasteiger partial charge < -0.3 is 10.4 Å². The number of rotatable bonds is 4. The lowest BCUT2D eigenvalue weighted by atomic mass is 10.1. The molecule has 4 nitrogen and oxygen atoms in total. The summed E-state index contributed by atoms with van der Waals surface area (Å²) < 4.78 is 13.6. The molecule has 1 aromatic carbocycles. The largest absolute Gasteiger partial charge is 0.478 e. The number of aromatic nitrogens is 1. The first-order valence-corrected chi connectivity index (χ1v) is 5.78. The molecule has 1 unspecified atom stereocenters. The number of nitrogens with zero attached hydrogens (tertiary/aromatic N) is 1. The number of anilines is 1. The van der Waals surface area contributed by atoms with E-state index in [9.17, 15) is 9.18 Å².